The van der Waals surface area contributed by atoms with Crippen molar-refractivity contribution in [1.82, 2.24) is 9.97 Å². The van der Waals surface area contributed by atoms with Gasteiger partial charge in [-0.3, -0.25) is 9.97 Å². The highest BCUT2D eigenvalue weighted by atomic mass is 14.6. The molecule has 2 aliphatic carbocycles. The van der Waals surface area contributed by atoms with E-state index in [9.17, 15) is 0 Å². The van der Waals surface area contributed by atoms with E-state index in [1.807, 2.05) is 36.9 Å². The predicted molar refractivity (Wildman–Crippen MR) is 160 cm³/mol. The number of fused-ring (bicyclic) bond motifs is 2. The fraction of sp³-hybridized carbons (Fsp3) is 0.278. The Bertz CT molecular complexity index is 1250. The zero-order valence-electron chi connectivity index (χ0n) is 22.4. The normalized spacial score (nSPS) is 14.5. The molecule has 0 fully saturated rings. The van der Waals surface area contributed by atoms with Crippen molar-refractivity contribution in [1.29, 1.82) is 0 Å². The zero-order chi connectivity index (χ0) is 25.8. The van der Waals surface area contributed by atoms with Crippen molar-refractivity contribution in [3.05, 3.63) is 142 Å². The maximum absolute atomic E-state index is 4.13. The molecule has 2 aromatic carbocycles. The molecule has 6 rings (SSSR count). The summed E-state index contributed by atoms with van der Waals surface area (Å²) in [5.41, 5.74) is 11.4. The Morgan fingerprint density at radius 3 is 1.39 bits per heavy atom. The lowest BCUT2D eigenvalue weighted by Crippen LogP contribution is -2.02. The van der Waals surface area contributed by atoms with Gasteiger partial charge in [0.25, 0.3) is 0 Å². The van der Waals surface area contributed by atoms with Crippen LogP contribution in [-0.4, -0.2) is 9.97 Å². The van der Waals surface area contributed by atoms with Crippen molar-refractivity contribution in [2.45, 2.75) is 64.2 Å². The van der Waals surface area contributed by atoms with Crippen molar-refractivity contribution in [2.24, 2.45) is 0 Å². The van der Waals surface area contributed by atoms with Crippen LogP contribution in [0.4, 0.5) is 0 Å². The predicted octanol–water partition coefficient (Wildman–Crippen LogP) is 8.43. The Hall–Kier alpha value is -3.78. The molecule has 2 heteroatoms. The van der Waals surface area contributed by atoms with Crippen LogP contribution in [0, 0.1) is 0 Å². The Morgan fingerprint density at radius 2 is 0.974 bits per heavy atom. The lowest BCUT2D eigenvalue weighted by atomic mass is 9.90. The van der Waals surface area contributed by atoms with Crippen molar-refractivity contribution >= 4 is 12.2 Å². The molecule has 0 saturated carbocycles. The number of aryl methyl sites for hydroxylation is 4. The first kappa shape index (κ1) is 25.9. The van der Waals surface area contributed by atoms with E-state index in [0.717, 1.165) is 12.8 Å². The molecule has 2 nitrogen and oxygen atoms in total. The number of hydrogen-bond acceptors (Lipinski definition) is 2. The summed E-state index contributed by atoms with van der Waals surface area (Å²) in [5, 5.41) is 0. The van der Waals surface area contributed by atoms with E-state index in [0.29, 0.717) is 0 Å². The van der Waals surface area contributed by atoms with Gasteiger partial charge in [-0.05, 0) is 121 Å². The summed E-state index contributed by atoms with van der Waals surface area (Å²) in [6.45, 7) is 0. The van der Waals surface area contributed by atoms with Gasteiger partial charge < -0.3 is 0 Å². The number of aromatic nitrogens is 2. The lowest BCUT2D eigenvalue weighted by Gasteiger charge is -2.15. The third kappa shape index (κ3) is 7.61. The van der Waals surface area contributed by atoms with E-state index in [4.69, 9.17) is 0 Å². The molecule has 0 spiro atoms. The average Bonchev–Trinajstić information content (AvgIpc) is 2.98. The third-order valence-electron chi connectivity index (χ3n) is 7.52. The summed E-state index contributed by atoms with van der Waals surface area (Å²) in [5.74, 6) is 0. The molecule has 0 atom stereocenters. The molecule has 2 aromatic heterocycles. The van der Waals surface area contributed by atoms with E-state index in [-0.39, 0.29) is 0 Å². The highest BCUT2D eigenvalue weighted by Crippen LogP contribution is 2.24. The van der Waals surface area contributed by atoms with Crippen LogP contribution in [0.15, 0.2) is 97.6 Å². The smallest absolute Gasteiger partial charge is 0.0303 e. The molecule has 0 amide bonds. The van der Waals surface area contributed by atoms with E-state index in [2.05, 4.69) is 82.8 Å². The van der Waals surface area contributed by atoms with E-state index in [1.54, 1.807) is 22.3 Å². The van der Waals surface area contributed by atoms with Crippen LogP contribution in [-0.2, 0) is 38.5 Å². The van der Waals surface area contributed by atoms with Gasteiger partial charge in [0.05, 0.1) is 0 Å². The van der Waals surface area contributed by atoms with Crippen molar-refractivity contribution in [3.63, 3.8) is 0 Å². The molecule has 2 heterocycles. The Balaban J connectivity index is 0.000000155. The van der Waals surface area contributed by atoms with Crippen LogP contribution in [0.5, 0.6) is 0 Å². The van der Waals surface area contributed by atoms with Gasteiger partial charge in [-0.2, -0.15) is 0 Å². The first-order valence-electron chi connectivity index (χ1n) is 14.2. The Kier molecular flexibility index (Phi) is 9.30. The molecule has 38 heavy (non-hydrogen) atoms. The molecule has 2 aliphatic rings. The number of hydrogen-bond donors (Lipinski definition) is 0. The first-order chi connectivity index (χ1) is 18.8. The van der Waals surface area contributed by atoms with Gasteiger partial charge in [0.2, 0.25) is 0 Å². The minimum atomic E-state index is 0.949. The van der Waals surface area contributed by atoms with Crippen LogP contribution in [0.25, 0.3) is 12.2 Å². The molecular formula is C36H38N2. The van der Waals surface area contributed by atoms with Crippen molar-refractivity contribution < 1.29 is 0 Å². The molecule has 0 bridgehead atoms. The highest BCUT2D eigenvalue weighted by molar-refractivity contribution is 5.53. The Morgan fingerprint density at radius 1 is 0.526 bits per heavy atom. The van der Waals surface area contributed by atoms with E-state index < -0.39 is 0 Å². The minimum absolute atomic E-state index is 0.949. The summed E-state index contributed by atoms with van der Waals surface area (Å²) >= 11 is 0. The minimum Gasteiger partial charge on any atom is -0.264 e. The Labute approximate surface area is 228 Å². The monoisotopic (exact) mass is 498 g/mol. The van der Waals surface area contributed by atoms with Gasteiger partial charge in [-0.25, -0.2) is 0 Å². The fourth-order valence-electron chi connectivity index (χ4n) is 5.41. The van der Waals surface area contributed by atoms with Crippen LogP contribution in [0.2, 0.25) is 0 Å². The van der Waals surface area contributed by atoms with Gasteiger partial charge in [0.1, 0.15) is 0 Å². The van der Waals surface area contributed by atoms with Gasteiger partial charge >= 0.3 is 0 Å². The molecule has 192 valence electrons. The van der Waals surface area contributed by atoms with Crippen LogP contribution in [0.3, 0.4) is 0 Å². The quantitative estimate of drug-likeness (QED) is 0.267. The molecule has 0 unspecified atom stereocenters. The van der Waals surface area contributed by atoms with Gasteiger partial charge in [0.15, 0.2) is 0 Å². The maximum atomic E-state index is 4.13. The fourth-order valence-corrected chi connectivity index (χ4v) is 5.41. The second-order valence-electron chi connectivity index (χ2n) is 10.4. The third-order valence-corrected chi connectivity index (χ3v) is 7.52. The second-order valence-corrected chi connectivity index (χ2v) is 10.4. The number of allylic oxidation sites excluding steroid dienone is 2. The topological polar surface area (TPSA) is 25.8 Å². The highest BCUT2D eigenvalue weighted by Gasteiger charge is 2.09. The number of rotatable bonds is 6. The van der Waals surface area contributed by atoms with Crippen LogP contribution < -0.4 is 0 Å². The van der Waals surface area contributed by atoms with E-state index in [1.165, 1.54) is 73.6 Å². The first-order valence-corrected chi connectivity index (χ1v) is 14.2. The molecule has 0 radical (unpaired) electrons. The van der Waals surface area contributed by atoms with Crippen LogP contribution in [0.1, 0.15) is 70.2 Å². The van der Waals surface area contributed by atoms with E-state index >= 15 is 0 Å². The number of benzene rings is 2. The molecule has 0 N–H and O–H groups in total. The van der Waals surface area contributed by atoms with Gasteiger partial charge in [0, 0.05) is 24.8 Å². The van der Waals surface area contributed by atoms with Gasteiger partial charge in [-0.15, -0.1) is 0 Å². The average molecular weight is 499 g/mol. The van der Waals surface area contributed by atoms with Crippen molar-refractivity contribution in [3.8, 4) is 0 Å². The molecule has 0 aliphatic heterocycles. The molecule has 4 aromatic rings. The summed E-state index contributed by atoms with van der Waals surface area (Å²) in [6.07, 6.45) is 28.7. The summed E-state index contributed by atoms with van der Waals surface area (Å²) in [6, 6.07) is 22.0. The summed E-state index contributed by atoms with van der Waals surface area (Å²) in [7, 11) is 0. The largest absolute Gasteiger partial charge is 0.264 e. The van der Waals surface area contributed by atoms with Gasteiger partial charge in [-0.1, -0.05) is 72.8 Å². The molecular weight excluding hydrogens is 460 g/mol. The standard InChI is InChI=1S/2C18H19N/c2*1-2-9-18-13-15(10-11-17(18)8-1)5-3-6-16-7-4-12-19-14-16/h2*3-5,7,10-14H,1-2,6,8-9H2/b5-3+;5-3-. The number of pyridine rings is 2. The van der Waals surface area contributed by atoms with Crippen LogP contribution >= 0.6 is 0 Å². The van der Waals surface area contributed by atoms with Crippen molar-refractivity contribution in [2.75, 3.05) is 0 Å². The second kappa shape index (κ2) is 13.7. The lowest BCUT2D eigenvalue weighted by molar-refractivity contribution is 0.685. The summed E-state index contributed by atoms with van der Waals surface area (Å²) < 4.78 is 0. The zero-order valence-corrected chi connectivity index (χ0v) is 22.4. The maximum Gasteiger partial charge on any atom is 0.0303 e. The molecule has 0 saturated heterocycles. The summed E-state index contributed by atoms with van der Waals surface area (Å²) in [4.78, 5) is 8.27. The number of nitrogens with zero attached hydrogens (tertiary/aromatic N) is 2. The SMILES string of the molecule is C(=C/c1ccc2c(c1)CCCC2)/Cc1cccnc1.C(=C\c1ccc2c(c1)CCCC2)/Cc1cccnc1.